The van der Waals surface area contributed by atoms with Gasteiger partial charge < -0.3 is 5.32 Å². The van der Waals surface area contributed by atoms with E-state index in [1.807, 2.05) is 43.3 Å². The Kier molecular flexibility index (Phi) is 5.21. The molecule has 0 saturated heterocycles. The number of rotatable bonds is 4. The van der Waals surface area contributed by atoms with Crippen molar-refractivity contribution in [2.75, 3.05) is 0 Å². The van der Waals surface area contributed by atoms with E-state index < -0.39 is 0 Å². The highest BCUT2D eigenvalue weighted by molar-refractivity contribution is 9.10. The van der Waals surface area contributed by atoms with Crippen LogP contribution in [-0.4, -0.2) is 5.91 Å². The summed E-state index contributed by atoms with van der Waals surface area (Å²) in [4.78, 5) is 12.0. The number of amides is 1. The van der Waals surface area contributed by atoms with E-state index in [-0.39, 0.29) is 11.9 Å². The van der Waals surface area contributed by atoms with Gasteiger partial charge in [0.2, 0.25) is 5.91 Å². The van der Waals surface area contributed by atoms with Crippen LogP contribution >= 0.6 is 27.5 Å². The molecule has 1 atom stereocenters. The SMILES string of the molecule is C[C@H](NC(=O)Cc1ccc(Cl)cc1)c1ccccc1Br. The van der Waals surface area contributed by atoms with Crippen LogP contribution in [0.5, 0.6) is 0 Å². The molecule has 0 saturated carbocycles. The van der Waals surface area contributed by atoms with E-state index in [9.17, 15) is 4.79 Å². The second kappa shape index (κ2) is 6.91. The van der Waals surface area contributed by atoms with Gasteiger partial charge in [0, 0.05) is 9.50 Å². The summed E-state index contributed by atoms with van der Waals surface area (Å²) < 4.78 is 0.999. The van der Waals surface area contributed by atoms with Gasteiger partial charge in [0.05, 0.1) is 12.5 Å². The van der Waals surface area contributed by atoms with Crippen molar-refractivity contribution in [3.63, 3.8) is 0 Å². The zero-order valence-corrected chi connectivity index (χ0v) is 13.4. The molecule has 0 aliphatic rings. The average molecular weight is 353 g/mol. The first-order chi connectivity index (χ1) is 9.56. The van der Waals surface area contributed by atoms with Gasteiger partial charge in [-0.25, -0.2) is 0 Å². The Bertz CT molecular complexity index is 598. The number of carbonyl (C=O) groups excluding carboxylic acids is 1. The third-order valence-corrected chi connectivity index (χ3v) is 4.00. The van der Waals surface area contributed by atoms with E-state index in [1.54, 1.807) is 12.1 Å². The number of hydrogen-bond acceptors (Lipinski definition) is 1. The zero-order chi connectivity index (χ0) is 14.5. The van der Waals surface area contributed by atoms with Gasteiger partial charge in [-0.3, -0.25) is 4.79 Å². The maximum Gasteiger partial charge on any atom is 0.224 e. The van der Waals surface area contributed by atoms with Gasteiger partial charge >= 0.3 is 0 Å². The second-order valence-corrected chi connectivity index (χ2v) is 5.90. The Labute approximate surface area is 132 Å². The molecule has 0 aliphatic heterocycles. The minimum atomic E-state index is -0.0367. The molecule has 1 N–H and O–H groups in total. The van der Waals surface area contributed by atoms with E-state index in [4.69, 9.17) is 11.6 Å². The largest absolute Gasteiger partial charge is 0.349 e. The fourth-order valence-corrected chi connectivity index (χ4v) is 2.74. The summed E-state index contributed by atoms with van der Waals surface area (Å²) in [5.74, 6) is -0.00410. The van der Waals surface area contributed by atoms with E-state index in [0.29, 0.717) is 11.4 Å². The lowest BCUT2D eigenvalue weighted by Gasteiger charge is -2.16. The number of halogens is 2. The van der Waals surface area contributed by atoms with Crippen molar-refractivity contribution in [3.05, 3.63) is 69.2 Å². The third kappa shape index (κ3) is 4.09. The van der Waals surface area contributed by atoms with Crippen LogP contribution in [0.4, 0.5) is 0 Å². The predicted molar refractivity (Wildman–Crippen MR) is 85.9 cm³/mol. The molecule has 0 aliphatic carbocycles. The van der Waals surface area contributed by atoms with Crippen molar-refractivity contribution in [1.82, 2.24) is 5.32 Å². The Hall–Kier alpha value is -1.32. The zero-order valence-electron chi connectivity index (χ0n) is 11.1. The first-order valence-electron chi connectivity index (χ1n) is 6.34. The van der Waals surface area contributed by atoms with Crippen LogP contribution in [-0.2, 0) is 11.2 Å². The quantitative estimate of drug-likeness (QED) is 0.861. The minimum Gasteiger partial charge on any atom is -0.349 e. The second-order valence-electron chi connectivity index (χ2n) is 4.61. The van der Waals surface area contributed by atoms with Crippen molar-refractivity contribution < 1.29 is 4.79 Å². The Morgan fingerprint density at radius 2 is 1.85 bits per heavy atom. The van der Waals surface area contributed by atoms with Gasteiger partial charge in [-0.2, -0.15) is 0 Å². The van der Waals surface area contributed by atoms with Gasteiger partial charge in [0.15, 0.2) is 0 Å². The fourth-order valence-electron chi connectivity index (χ4n) is 1.98. The van der Waals surface area contributed by atoms with Crippen molar-refractivity contribution in [3.8, 4) is 0 Å². The number of hydrogen-bond donors (Lipinski definition) is 1. The van der Waals surface area contributed by atoms with Gasteiger partial charge in [-0.1, -0.05) is 57.9 Å². The van der Waals surface area contributed by atoms with E-state index in [2.05, 4.69) is 21.2 Å². The molecule has 2 rings (SSSR count). The predicted octanol–water partition coefficient (Wildman–Crippen LogP) is 4.52. The molecule has 104 valence electrons. The van der Waals surface area contributed by atoms with Crippen molar-refractivity contribution in [1.29, 1.82) is 0 Å². The summed E-state index contributed by atoms with van der Waals surface area (Å²) in [5.41, 5.74) is 2.02. The average Bonchev–Trinajstić information content (AvgIpc) is 2.41. The van der Waals surface area contributed by atoms with Crippen molar-refractivity contribution >= 4 is 33.4 Å². The van der Waals surface area contributed by atoms with E-state index in [1.165, 1.54) is 0 Å². The lowest BCUT2D eigenvalue weighted by molar-refractivity contribution is -0.121. The van der Waals surface area contributed by atoms with E-state index in [0.717, 1.165) is 15.6 Å². The molecule has 0 spiro atoms. The van der Waals surface area contributed by atoms with Crippen LogP contribution in [0.15, 0.2) is 53.0 Å². The summed E-state index contributed by atoms with van der Waals surface area (Å²) in [6, 6.07) is 15.2. The van der Waals surface area contributed by atoms with E-state index >= 15 is 0 Å². The highest BCUT2D eigenvalue weighted by Crippen LogP contribution is 2.22. The summed E-state index contributed by atoms with van der Waals surface area (Å²) in [6.07, 6.45) is 0.353. The smallest absolute Gasteiger partial charge is 0.224 e. The molecule has 4 heteroatoms. The summed E-state index contributed by atoms with van der Waals surface area (Å²) >= 11 is 9.32. The standard InChI is InChI=1S/C16H15BrClNO/c1-11(14-4-2-3-5-15(14)17)19-16(20)10-12-6-8-13(18)9-7-12/h2-9,11H,10H2,1H3,(H,19,20)/t11-/m0/s1. The maximum atomic E-state index is 12.0. The fraction of sp³-hybridized carbons (Fsp3) is 0.188. The first-order valence-corrected chi connectivity index (χ1v) is 7.51. The molecular formula is C16H15BrClNO. The molecule has 0 fully saturated rings. The van der Waals surface area contributed by atoms with Crippen LogP contribution in [0.1, 0.15) is 24.1 Å². The molecular weight excluding hydrogens is 338 g/mol. The van der Waals surface area contributed by atoms with Crippen molar-refractivity contribution in [2.45, 2.75) is 19.4 Å². The molecule has 0 heterocycles. The van der Waals surface area contributed by atoms with Crippen LogP contribution in [0.2, 0.25) is 5.02 Å². The monoisotopic (exact) mass is 351 g/mol. The van der Waals surface area contributed by atoms with Gasteiger partial charge in [0.1, 0.15) is 0 Å². The lowest BCUT2D eigenvalue weighted by atomic mass is 10.1. The molecule has 0 radical (unpaired) electrons. The Morgan fingerprint density at radius 3 is 2.50 bits per heavy atom. The van der Waals surface area contributed by atoms with Crippen LogP contribution < -0.4 is 5.32 Å². The molecule has 20 heavy (non-hydrogen) atoms. The summed E-state index contributed by atoms with van der Waals surface area (Å²) in [7, 11) is 0. The number of nitrogens with one attached hydrogen (secondary N) is 1. The highest BCUT2D eigenvalue weighted by Gasteiger charge is 2.12. The Balaban J connectivity index is 1.98. The Morgan fingerprint density at radius 1 is 1.20 bits per heavy atom. The molecule has 0 aromatic heterocycles. The molecule has 0 bridgehead atoms. The van der Waals surface area contributed by atoms with Gasteiger partial charge in [-0.05, 0) is 36.2 Å². The summed E-state index contributed by atoms with van der Waals surface area (Å²) in [6.45, 7) is 1.97. The van der Waals surface area contributed by atoms with Crippen molar-refractivity contribution in [2.24, 2.45) is 0 Å². The number of benzene rings is 2. The third-order valence-electron chi connectivity index (χ3n) is 3.03. The molecule has 2 aromatic rings. The normalized spacial score (nSPS) is 11.9. The number of carbonyl (C=O) groups is 1. The topological polar surface area (TPSA) is 29.1 Å². The van der Waals surface area contributed by atoms with Crippen LogP contribution in [0.25, 0.3) is 0 Å². The highest BCUT2D eigenvalue weighted by atomic mass is 79.9. The first kappa shape index (κ1) is 15.1. The molecule has 2 aromatic carbocycles. The van der Waals surface area contributed by atoms with Crippen LogP contribution in [0.3, 0.4) is 0 Å². The molecule has 2 nitrogen and oxygen atoms in total. The van der Waals surface area contributed by atoms with Gasteiger partial charge in [-0.15, -0.1) is 0 Å². The molecule has 1 amide bonds. The minimum absolute atomic E-state index is 0.00410. The van der Waals surface area contributed by atoms with Gasteiger partial charge in [0.25, 0.3) is 0 Å². The summed E-state index contributed by atoms with van der Waals surface area (Å²) in [5, 5.41) is 3.67. The molecule has 0 unspecified atom stereocenters. The maximum absolute atomic E-state index is 12.0. The lowest BCUT2D eigenvalue weighted by Crippen LogP contribution is -2.28. The van der Waals surface area contributed by atoms with Crippen LogP contribution in [0, 0.1) is 0 Å².